The third-order valence-electron chi connectivity index (χ3n) is 6.53. The Hall–Kier alpha value is -3.78. The molecule has 1 amide bonds. The maximum absolute atomic E-state index is 13.5. The highest BCUT2D eigenvalue weighted by Gasteiger charge is 2.46. The molecule has 2 heterocycles. The van der Waals surface area contributed by atoms with E-state index >= 15 is 0 Å². The minimum absolute atomic E-state index is 0.0304. The number of ketones is 1. The molecule has 1 aliphatic heterocycles. The van der Waals surface area contributed by atoms with E-state index in [-0.39, 0.29) is 23.3 Å². The summed E-state index contributed by atoms with van der Waals surface area (Å²) in [4.78, 5) is 29.3. The van der Waals surface area contributed by atoms with Crippen molar-refractivity contribution >= 4 is 28.8 Å². The molecule has 0 spiro atoms. The van der Waals surface area contributed by atoms with Gasteiger partial charge in [-0.1, -0.05) is 32.9 Å². The number of ether oxygens (including phenoxy) is 3. The molecule has 1 atom stereocenters. The van der Waals surface area contributed by atoms with Gasteiger partial charge in [0.15, 0.2) is 11.5 Å². The number of thiophene rings is 1. The molecule has 8 heteroatoms. The summed E-state index contributed by atoms with van der Waals surface area (Å²) in [5.74, 6) is 0.0684. The first-order valence-corrected chi connectivity index (χ1v) is 13.3. The Morgan fingerprint density at radius 3 is 2.32 bits per heavy atom. The van der Waals surface area contributed by atoms with Gasteiger partial charge in [0.05, 0.1) is 39.0 Å². The molecule has 2 aromatic carbocycles. The molecule has 0 radical (unpaired) electrons. The highest BCUT2D eigenvalue weighted by atomic mass is 32.1. The Kier molecular flexibility index (Phi) is 7.83. The monoisotopic (exact) mass is 535 g/mol. The number of hydrogen-bond donors (Lipinski definition) is 1. The molecular formula is C30H33NO6S. The van der Waals surface area contributed by atoms with E-state index in [0.717, 1.165) is 10.4 Å². The van der Waals surface area contributed by atoms with Crippen LogP contribution in [0, 0.1) is 0 Å². The highest BCUT2D eigenvalue weighted by molar-refractivity contribution is 7.09. The van der Waals surface area contributed by atoms with E-state index in [2.05, 4.69) is 20.8 Å². The molecule has 0 saturated carbocycles. The zero-order valence-corrected chi connectivity index (χ0v) is 23.3. The molecule has 0 bridgehead atoms. The van der Waals surface area contributed by atoms with Crippen molar-refractivity contribution in [3.63, 3.8) is 0 Å². The second-order valence-electron chi connectivity index (χ2n) is 10.0. The molecule has 1 fully saturated rings. The summed E-state index contributed by atoms with van der Waals surface area (Å²) in [6.45, 7) is 8.81. The van der Waals surface area contributed by atoms with E-state index in [9.17, 15) is 14.7 Å². The Morgan fingerprint density at radius 2 is 1.71 bits per heavy atom. The van der Waals surface area contributed by atoms with Gasteiger partial charge in [-0.15, -0.1) is 11.3 Å². The third-order valence-corrected chi connectivity index (χ3v) is 7.39. The second-order valence-corrected chi connectivity index (χ2v) is 11.0. The quantitative estimate of drug-likeness (QED) is 0.214. The van der Waals surface area contributed by atoms with E-state index in [1.165, 1.54) is 23.3 Å². The first kappa shape index (κ1) is 27.3. The smallest absolute Gasteiger partial charge is 0.295 e. The highest BCUT2D eigenvalue weighted by Crippen LogP contribution is 2.43. The van der Waals surface area contributed by atoms with E-state index < -0.39 is 17.7 Å². The lowest BCUT2D eigenvalue weighted by atomic mass is 9.84. The van der Waals surface area contributed by atoms with E-state index in [1.54, 1.807) is 37.4 Å². The summed E-state index contributed by atoms with van der Waals surface area (Å²) in [7, 11) is 3.07. The average Bonchev–Trinajstić information content (AvgIpc) is 3.50. The molecule has 1 aromatic heterocycles. The number of carbonyl (C=O) groups is 2. The van der Waals surface area contributed by atoms with Crippen molar-refractivity contribution in [2.75, 3.05) is 20.8 Å². The maximum atomic E-state index is 13.5. The van der Waals surface area contributed by atoms with Gasteiger partial charge in [-0.25, -0.2) is 0 Å². The number of rotatable bonds is 8. The zero-order chi connectivity index (χ0) is 27.6. The molecule has 3 aromatic rings. The number of hydrogen-bond acceptors (Lipinski definition) is 7. The van der Waals surface area contributed by atoms with Gasteiger partial charge >= 0.3 is 0 Å². The van der Waals surface area contributed by atoms with Gasteiger partial charge < -0.3 is 24.2 Å². The van der Waals surface area contributed by atoms with Crippen molar-refractivity contribution in [3.05, 3.63) is 81.1 Å². The van der Waals surface area contributed by atoms with Crippen LogP contribution in [0.5, 0.6) is 17.2 Å². The molecular weight excluding hydrogens is 502 g/mol. The molecule has 0 aliphatic carbocycles. The minimum atomic E-state index is -0.818. The number of likely N-dealkylation sites (tertiary alicyclic amines) is 1. The number of amides is 1. The Labute approximate surface area is 227 Å². The van der Waals surface area contributed by atoms with Crippen molar-refractivity contribution in [1.82, 2.24) is 4.90 Å². The molecule has 1 unspecified atom stereocenters. The van der Waals surface area contributed by atoms with Crippen molar-refractivity contribution in [2.24, 2.45) is 0 Å². The lowest BCUT2D eigenvalue weighted by Crippen LogP contribution is -2.28. The number of methoxy groups -OCH3 is 2. The Morgan fingerprint density at radius 1 is 1.00 bits per heavy atom. The largest absolute Gasteiger partial charge is 0.507 e. The summed E-state index contributed by atoms with van der Waals surface area (Å²) in [5, 5.41) is 13.5. The Bertz CT molecular complexity index is 1370. The van der Waals surface area contributed by atoms with Gasteiger partial charge in [0.25, 0.3) is 11.7 Å². The van der Waals surface area contributed by atoms with Crippen molar-refractivity contribution in [3.8, 4) is 17.2 Å². The van der Waals surface area contributed by atoms with Gasteiger partial charge in [0, 0.05) is 16.0 Å². The summed E-state index contributed by atoms with van der Waals surface area (Å²) in [6.07, 6.45) is 0. The fourth-order valence-electron chi connectivity index (χ4n) is 4.68. The number of carbonyl (C=O) groups excluding carboxylic acids is 2. The summed E-state index contributed by atoms with van der Waals surface area (Å²) in [5.41, 5.74) is 1.70. The second kappa shape index (κ2) is 10.9. The lowest BCUT2D eigenvalue weighted by molar-refractivity contribution is -0.140. The molecule has 200 valence electrons. The van der Waals surface area contributed by atoms with Crippen LogP contribution < -0.4 is 14.2 Å². The van der Waals surface area contributed by atoms with E-state index in [0.29, 0.717) is 35.0 Å². The number of nitrogens with zero attached hydrogens (tertiary/aromatic N) is 1. The van der Waals surface area contributed by atoms with Gasteiger partial charge in [0.1, 0.15) is 11.5 Å². The van der Waals surface area contributed by atoms with Gasteiger partial charge in [-0.05, 0) is 59.7 Å². The zero-order valence-electron chi connectivity index (χ0n) is 22.5. The molecule has 1 N–H and O–H groups in total. The van der Waals surface area contributed by atoms with Crippen LogP contribution in [-0.2, 0) is 21.5 Å². The van der Waals surface area contributed by atoms with Crippen LogP contribution in [0.2, 0.25) is 0 Å². The molecule has 4 rings (SSSR count). The van der Waals surface area contributed by atoms with Gasteiger partial charge in [0.2, 0.25) is 0 Å². The van der Waals surface area contributed by atoms with Gasteiger partial charge in [-0.2, -0.15) is 0 Å². The predicted molar refractivity (Wildman–Crippen MR) is 148 cm³/mol. The molecule has 1 aliphatic rings. The van der Waals surface area contributed by atoms with E-state index in [1.807, 2.05) is 30.5 Å². The molecule has 1 saturated heterocycles. The van der Waals surface area contributed by atoms with Crippen LogP contribution in [0.15, 0.2) is 59.5 Å². The predicted octanol–water partition coefficient (Wildman–Crippen LogP) is 6.08. The van der Waals surface area contributed by atoms with Crippen LogP contribution in [0.1, 0.15) is 55.3 Å². The fourth-order valence-corrected chi connectivity index (χ4v) is 5.39. The topological polar surface area (TPSA) is 85.3 Å². The average molecular weight is 536 g/mol. The molecule has 38 heavy (non-hydrogen) atoms. The van der Waals surface area contributed by atoms with Crippen molar-refractivity contribution in [1.29, 1.82) is 0 Å². The van der Waals surface area contributed by atoms with Crippen LogP contribution in [0.25, 0.3) is 5.76 Å². The van der Waals surface area contributed by atoms with Crippen molar-refractivity contribution < 1.29 is 28.9 Å². The molecule has 7 nitrogen and oxygen atoms in total. The van der Waals surface area contributed by atoms with Crippen LogP contribution in [0.4, 0.5) is 0 Å². The maximum Gasteiger partial charge on any atom is 0.295 e. The summed E-state index contributed by atoms with van der Waals surface area (Å²) < 4.78 is 16.7. The number of benzene rings is 2. The summed E-state index contributed by atoms with van der Waals surface area (Å²) >= 11 is 1.50. The van der Waals surface area contributed by atoms with Crippen LogP contribution in [-0.4, -0.2) is 42.5 Å². The third kappa shape index (κ3) is 5.13. The lowest BCUT2D eigenvalue weighted by Gasteiger charge is -2.26. The SMILES string of the molecule is CCOc1ccc(/C(O)=C2\C(=O)C(=O)N(Cc3cccs3)C2c2ccc(OC)c(OC)c2)cc1C(C)(C)C. The van der Waals surface area contributed by atoms with Crippen LogP contribution in [0.3, 0.4) is 0 Å². The standard InChI is InChI=1S/C30H33NO6S/c1-7-37-22-12-11-19(15-21(22)30(2,3)4)27(32)25-26(18-10-13-23(35-5)24(16-18)36-6)31(29(34)28(25)33)17-20-9-8-14-38-20/h8-16,26,32H,7,17H2,1-6H3/b27-25+. The number of Topliss-reactive ketones (excluding diaryl/α,β-unsaturated/α-hetero) is 1. The Balaban J connectivity index is 1.92. The normalized spacial score (nSPS) is 17.1. The summed E-state index contributed by atoms with van der Waals surface area (Å²) in [6, 6.07) is 13.6. The van der Waals surface area contributed by atoms with Crippen molar-refractivity contribution in [2.45, 2.75) is 45.7 Å². The fraction of sp³-hybridized carbons (Fsp3) is 0.333. The first-order chi connectivity index (χ1) is 18.1. The van der Waals surface area contributed by atoms with E-state index in [4.69, 9.17) is 14.2 Å². The number of aliphatic hydroxyl groups is 1. The number of aliphatic hydroxyl groups excluding tert-OH is 1. The van der Waals surface area contributed by atoms with Crippen LogP contribution >= 0.6 is 11.3 Å². The first-order valence-electron chi connectivity index (χ1n) is 12.4. The van der Waals surface area contributed by atoms with Gasteiger partial charge in [-0.3, -0.25) is 9.59 Å². The minimum Gasteiger partial charge on any atom is -0.507 e.